The number of nitrogens with one attached hydrogen (secondary N) is 1. The summed E-state index contributed by atoms with van der Waals surface area (Å²) in [5.41, 5.74) is 6.02. The summed E-state index contributed by atoms with van der Waals surface area (Å²) < 4.78 is 15.9. The maximum Gasteiger partial charge on any atom is 0.286 e. The Morgan fingerprint density at radius 2 is 1.88 bits per heavy atom. The van der Waals surface area contributed by atoms with Crippen molar-refractivity contribution >= 4 is 28.5 Å². The molecule has 3 aromatic rings. The van der Waals surface area contributed by atoms with Crippen LogP contribution in [0.5, 0.6) is 11.5 Å². The third-order valence-corrected chi connectivity index (χ3v) is 3.49. The predicted molar refractivity (Wildman–Crippen MR) is 91.9 cm³/mol. The summed E-state index contributed by atoms with van der Waals surface area (Å²) in [5, 5.41) is 3.21. The van der Waals surface area contributed by atoms with E-state index in [1.807, 2.05) is 0 Å². The van der Waals surface area contributed by atoms with Crippen LogP contribution in [0.2, 0.25) is 0 Å². The molecule has 0 spiro atoms. The Morgan fingerprint density at radius 1 is 1.12 bits per heavy atom. The Balaban J connectivity index is 1.75. The normalized spacial score (nSPS) is 10.4. The lowest BCUT2D eigenvalue weighted by Crippen LogP contribution is -2.22. The number of carbonyl (C=O) groups is 2. The van der Waals surface area contributed by atoms with Crippen LogP contribution in [-0.2, 0) is 4.79 Å². The van der Waals surface area contributed by atoms with Crippen LogP contribution in [0.15, 0.2) is 52.9 Å². The van der Waals surface area contributed by atoms with Gasteiger partial charge in [0.2, 0.25) is 5.76 Å². The van der Waals surface area contributed by atoms with E-state index in [4.69, 9.17) is 19.6 Å². The minimum absolute atomic E-state index is 0.101. The molecule has 0 aliphatic carbocycles. The molecular weight excluding hydrogens is 324 g/mol. The first-order valence-electron chi connectivity index (χ1n) is 7.46. The molecule has 3 N–H and O–H groups in total. The first-order valence-corrected chi connectivity index (χ1v) is 7.46. The van der Waals surface area contributed by atoms with E-state index in [2.05, 4.69) is 5.32 Å². The van der Waals surface area contributed by atoms with Gasteiger partial charge >= 0.3 is 0 Å². The minimum Gasteiger partial charge on any atom is -0.497 e. The molecule has 1 aromatic heterocycles. The van der Waals surface area contributed by atoms with Crippen LogP contribution >= 0.6 is 0 Å². The second kappa shape index (κ2) is 6.96. The zero-order valence-corrected chi connectivity index (χ0v) is 13.4. The number of fused-ring (bicyclic) bond motifs is 1. The van der Waals surface area contributed by atoms with Crippen molar-refractivity contribution < 1.29 is 23.5 Å². The number of furan rings is 1. The van der Waals surface area contributed by atoms with E-state index in [1.165, 1.54) is 0 Å². The summed E-state index contributed by atoms with van der Waals surface area (Å²) in [4.78, 5) is 23.8. The molecule has 0 aliphatic rings. The number of amides is 2. The third-order valence-electron chi connectivity index (χ3n) is 3.49. The van der Waals surface area contributed by atoms with E-state index in [0.29, 0.717) is 22.5 Å². The van der Waals surface area contributed by atoms with Gasteiger partial charge in [0.15, 0.2) is 6.61 Å². The van der Waals surface area contributed by atoms with Crippen LogP contribution in [-0.4, -0.2) is 25.5 Å². The van der Waals surface area contributed by atoms with Crippen molar-refractivity contribution in [1.29, 1.82) is 0 Å². The van der Waals surface area contributed by atoms with Crippen molar-refractivity contribution in [3.05, 3.63) is 54.3 Å². The maximum absolute atomic E-state index is 12.2. The summed E-state index contributed by atoms with van der Waals surface area (Å²) in [6.45, 7) is -0.245. The fourth-order valence-corrected chi connectivity index (χ4v) is 2.36. The van der Waals surface area contributed by atoms with Crippen LogP contribution in [0, 0.1) is 0 Å². The fourth-order valence-electron chi connectivity index (χ4n) is 2.36. The monoisotopic (exact) mass is 340 g/mol. The molecule has 0 saturated heterocycles. The lowest BCUT2D eigenvalue weighted by atomic mass is 10.2. The van der Waals surface area contributed by atoms with E-state index < -0.39 is 11.8 Å². The average Bonchev–Trinajstić information content (AvgIpc) is 2.99. The molecule has 2 amide bonds. The molecule has 0 unspecified atom stereocenters. The predicted octanol–water partition coefficient (Wildman–Crippen LogP) is 2.56. The lowest BCUT2D eigenvalue weighted by Gasteiger charge is -2.08. The van der Waals surface area contributed by atoms with Crippen molar-refractivity contribution in [2.75, 3.05) is 19.0 Å². The Bertz CT molecular complexity index is 932. The molecule has 1 heterocycles. The number of ether oxygens (including phenoxy) is 2. The highest BCUT2D eigenvalue weighted by molar-refractivity contribution is 6.10. The number of primary amides is 1. The van der Waals surface area contributed by atoms with E-state index in [-0.39, 0.29) is 18.1 Å². The van der Waals surface area contributed by atoms with Crippen molar-refractivity contribution in [3.8, 4) is 11.5 Å². The molecule has 0 aliphatic heterocycles. The molecule has 0 saturated carbocycles. The van der Waals surface area contributed by atoms with E-state index in [0.717, 1.165) is 0 Å². The lowest BCUT2D eigenvalue weighted by molar-refractivity contribution is -0.118. The van der Waals surface area contributed by atoms with E-state index in [9.17, 15) is 9.59 Å². The van der Waals surface area contributed by atoms with Gasteiger partial charge in [-0.25, -0.2) is 0 Å². The van der Waals surface area contributed by atoms with E-state index >= 15 is 0 Å². The van der Waals surface area contributed by atoms with Crippen LogP contribution < -0.4 is 20.5 Å². The van der Waals surface area contributed by atoms with Gasteiger partial charge in [-0.05, 0) is 24.3 Å². The molecular formula is C18H16N2O5. The zero-order chi connectivity index (χ0) is 17.8. The first-order chi connectivity index (χ1) is 12.1. The topological polar surface area (TPSA) is 104 Å². The number of nitrogens with two attached hydrogens (primary N) is 1. The van der Waals surface area contributed by atoms with Gasteiger partial charge in [-0.15, -0.1) is 0 Å². The molecule has 0 bridgehead atoms. The van der Waals surface area contributed by atoms with E-state index in [1.54, 1.807) is 55.6 Å². The highest BCUT2D eigenvalue weighted by Gasteiger charge is 2.20. The van der Waals surface area contributed by atoms with Gasteiger partial charge in [-0.1, -0.05) is 18.2 Å². The smallest absolute Gasteiger partial charge is 0.286 e. The highest BCUT2D eigenvalue weighted by atomic mass is 16.5. The molecule has 2 aromatic carbocycles. The molecule has 3 rings (SSSR count). The highest BCUT2D eigenvalue weighted by Crippen LogP contribution is 2.30. The van der Waals surface area contributed by atoms with Gasteiger partial charge < -0.3 is 24.9 Å². The molecule has 25 heavy (non-hydrogen) atoms. The van der Waals surface area contributed by atoms with Crippen LogP contribution in [0.4, 0.5) is 5.69 Å². The Kier molecular flexibility index (Phi) is 4.56. The maximum atomic E-state index is 12.2. The second-order valence-electron chi connectivity index (χ2n) is 5.18. The molecule has 128 valence electrons. The summed E-state index contributed by atoms with van der Waals surface area (Å²) >= 11 is 0. The molecule has 7 heteroatoms. The summed E-state index contributed by atoms with van der Waals surface area (Å²) in [6.07, 6.45) is 0. The van der Waals surface area contributed by atoms with Crippen molar-refractivity contribution in [2.24, 2.45) is 5.73 Å². The zero-order valence-electron chi connectivity index (χ0n) is 13.4. The molecule has 0 atom stereocenters. The Morgan fingerprint density at radius 3 is 2.64 bits per heavy atom. The number of benzene rings is 2. The fraction of sp³-hybridized carbons (Fsp3) is 0.111. The SMILES string of the molecule is COc1cccc(OCC(=O)Nc2c(C(N)=O)oc3ccccc23)c1. The number of rotatable bonds is 6. The third kappa shape index (κ3) is 3.55. The number of hydrogen-bond donors (Lipinski definition) is 2. The standard InChI is InChI=1S/C18H16N2O5/c1-23-11-5-4-6-12(9-11)24-10-15(21)20-16-13-7-2-3-8-14(13)25-17(16)18(19)22/h2-9H,10H2,1H3,(H2,19,22)(H,20,21). The quantitative estimate of drug-likeness (QED) is 0.718. The summed E-state index contributed by atoms with van der Waals surface area (Å²) in [7, 11) is 1.54. The molecule has 0 fully saturated rings. The second-order valence-corrected chi connectivity index (χ2v) is 5.18. The summed E-state index contributed by atoms with van der Waals surface area (Å²) in [6, 6.07) is 13.8. The minimum atomic E-state index is -0.764. The molecule has 7 nitrogen and oxygen atoms in total. The van der Waals surface area contributed by atoms with Gasteiger partial charge in [0.25, 0.3) is 11.8 Å². The van der Waals surface area contributed by atoms with Crippen molar-refractivity contribution in [1.82, 2.24) is 0 Å². The van der Waals surface area contributed by atoms with Crippen LogP contribution in [0.1, 0.15) is 10.6 Å². The van der Waals surface area contributed by atoms with Crippen LogP contribution in [0.3, 0.4) is 0 Å². The Labute approximate surface area is 143 Å². The van der Waals surface area contributed by atoms with Gasteiger partial charge in [0, 0.05) is 11.5 Å². The van der Waals surface area contributed by atoms with Gasteiger partial charge in [0.05, 0.1) is 7.11 Å². The van der Waals surface area contributed by atoms with Crippen molar-refractivity contribution in [2.45, 2.75) is 0 Å². The van der Waals surface area contributed by atoms with Gasteiger partial charge in [-0.2, -0.15) is 0 Å². The average molecular weight is 340 g/mol. The van der Waals surface area contributed by atoms with Gasteiger partial charge in [-0.3, -0.25) is 9.59 Å². The van der Waals surface area contributed by atoms with Crippen LogP contribution in [0.25, 0.3) is 11.0 Å². The number of anilines is 1. The number of para-hydroxylation sites is 1. The number of hydrogen-bond acceptors (Lipinski definition) is 5. The van der Waals surface area contributed by atoms with Crippen molar-refractivity contribution in [3.63, 3.8) is 0 Å². The first kappa shape index (κ1) is 16.4. The molecule has 0 radical (unpaired) electrons. The number of methoxy groups -OCH3 is 1. The van der Waals surface area contributed by atoms with Gasteiger partial charge in [0.1, 0.15) is 22.8 Å². The summed E-state index contributed by atoms with van der Waals surface area (Å²) in [5.74, 6) is -0.204. The largest absolute Gasteiger partial charge is 0.497 e. The number of carbonyl (C=O) groups excluding carboxylic acids is 2. The Hall–Kier alpha value is -3.48.